The molecule has 1 aliphatic rings. The zero-order valence-corrected chi connectivity index (χ0v) is 15.4. The number of hydrogen-bond acceptors (Lipinski definition) is 4. The van der Waals surface area contributed by atoms with Gasteiger partial charge < -0.3 is 4.52 Å². The third kappa shape index (κ3) is 3.58. The lowest BCUT2D eigenvalue weighted by Gasteiger charge is -2.23. The summed E-state index contributed by atoms with van der Waals surface area (Å²) < 4.78 is 18.9. The molecule has 0 radical (unpaired) electrons. The topological polar surface area (TPSA) is 75.4 Å². The van der Waals surface area contributed by atoms with E-state index in [1.807, 2.05) is 20.8 Å². The van der Waals surface area contributed by atoms with E-state index in [1.54, 1.807) is 6.07 Å². The number of halogens is 2. The summed E-state index contributed by atoms with van der Waals surface area (Å²) in [7, 11) is 0. The molecule has 2 amide bonds. The highest BCUT2D eigenvalue weighted by atomic mass is 35.5. The molecule has 6 nitrogen and oxygen atoms in total. The van der Waals surface area contributed by atoms with Crippen LogP contribution in [-0.4, -0.2) is 23.0 Å². The third-order valence-electron chi connectivity index (χ3n) is 4.22. The second-order valence-electron chi connectivity index (χ2n) is 7.23. The van der Waals surface area contributed by atoms with Crippen molar-refractivity contribution in [1.29, 1.82) is 0 Å². The molecule has 8 heteroatoms. The Hall–Kier alpha value is -2.41. The Morgan fingerprint density at radius 1 is 1.38 bits per heavy atom. The van der Waals surface area contributed by atoms with E-state index in [4.69, 9.17) is 16.1 Å². The predicted octanol–water partition coefficient (Wildman–Crippen LogP) is 3.90. The number of amides is 2. The van der Waals surface area contributed by atoms with Gasteiger partial charge in [-0.2, -0.15) is 0 Å². The molecule has 1 aromatic heterocycles. The molecule has 1 fully saturated rings. The number of nitrogens with zero attached hydrogens (tertiary/aromatic N) is 2. The Kier molecular flexibility index (Phi) is 4.75. The van der Waals surface area contributed by atoms with Crippen molar-refractivity contribution in [2.75, 3.05) is 10.2 Å². The molecule has 0 aliphatic carbocycles. The number of hydrogen-bond donors (Lipinski definition) is 1. The average molecular weight is 380 g/mol. The zero-order valence-electron chi connectivity index (χ0n) is 14.7. The summed E-state index contributed by atoms with van der Waals surface area (Å²) in [5.74, 6) is -1.10. The molecule has 2 heterocycles. The Bertz CT molecular complexity index is 860. The van der Waals surface area contributed by atoms with Gasteiger partial charge in [0.25, 0.3) is 0 Å². The van der Waals surface area contributed by atoms with Crippen LogP contribution in [0.25, 0.3) is 0 Å². The fourth-order valence-corrected chi connectivity index (χ4v) is 2.90. The second kappa shape index (κ2) is 6.72. The largest absolute Gasteiger partial charge is 0.338 e. The van der Waals surface area contributed by atoms with E-state index in [2.05, 4.69) is 10.5 Å². The molecule has 138 valence electrons. The van der Waals surface area contributed by atoms with E-state index in [1.165, 1.54) is 17.0 Å². The minimum absolute atomic E-state index is 0.0437. The monoisotopic (exact) mass is 379 g/mol. The number of benzene rings is 1. The average Bonchev–Trinajstić information content (AvgIpc) is 3.16. The van der Waals surface area contributed by atoms with Crippen LogP contribution >= 0.6 is 11.6 Å². The van der Waals surface area contributed by atoms with Crippen LogP contribution < -0.4 is 10.2 Å². The van der Waals surface area contributed by atoms with Gasteiger partial charge in [0.2, 0.25) is 17.7 Å². The quantitative estimate of drug-likeness (QED) is 0.877. The number of rotatable bonds is 3. The highest BCUT2D eigenvalue weighted by molar-refractivity contribution is 6.30. The maximum atomic E-state index is 13.8. The van der Waals surface area contributed by atoms with Crippen molar-refractivity contribution in [3.05, 3.63) is 40.8 Å². The lowest BCUT2D eigenvalue weighted by atomic mass is 9.92. The summed E-state index contributed by atoms with van der Waals surface area (Å²) in [5, 5.41) is 6.54. The van der Waals surface area contributed by atoms with Crippen LogP contribution in [0.5, 0.6) is 0 Å². The number of aromatic nitrogens is 1. The summed E-state index contributed by atoms with van der Waals surface area (Å²) in [6, 6.07) is 4.92. The molecule has 1 aliphatic heterocycles. The first-order valence-electron chi connectivity index (χ1n) is 8.22. The molecule has 1 atom stereocenters. The summed E-state index contributed by atoms with van der Waals surface area (Å²) in [5.41, 5.74) is 0.775. The molecule has 2 aromatic rings. The van der Waals surface area contributed by atoms with Crippen molar-refractivity contribution >= 4 is 35.0 Å². The van der Waals surface area contributed by atoms with E-state index < -0.39 is 17.8 Å². The molecule has 0 bridgehead atoms. The van der Waals surface area contributed by atoms with Gasteiger partial charge in [0.05, 0.1) is 10.7 Å². The molecule has 0 spiro atoms. The Morgan fingerprint density at radius 2 is 2.12 bits per heavy atom. The maximum absolute atomic E-state index is 13.8. The first kappa shape index (κ1) is 18.4. The molecular weight excluding hydrogens is 361 g/mol. The van der Waals surface area contributed by atoms with Gasteiger partial charge in [-0.3, -0.25) is 19.8 Å². The normalized spacial score (nSPS) is 17.7. The van der Waals surface area contributed by atoms with Crippen molar-refractivity contribution in [3.63, 3.8) is 0 Å². The van der Waals surface area contributed by atoms with Gasteiger partial charge in [0, 0.05) is 23.6 Å². The highest BCUT2D eigenvalue weighted by Gasteiger charge is 2.38. The second-order valence-corrected chi connectivity index (χ2v) is 7.64. The summed E-state index contributed by atoms with van der Waals surface area (Å²) >= 11 is 5.69. The van der Waals surface area contributed by atoms with Crippen LogP contribution in [-0.2, 0) is 15.0 Å². The van der Waals surface area contributed by atoms with E-state index in [0.29, 0.717) is 17.8 Å². The minimum Gasteiger partial charge on any atom is -0.338 e. The molecule has 1 saturated heterocycles. The molecule has 26 heavy (non-hydrogen) atoms. The van der Waals surface area contributed by atoms with Gasteiger partial charge in [-0.05, 0) is 24.6 Å². The van der Waals surface area contributed by atoms with Gasteiger partial charge in [-0.15, -0.1) is 0 Å². The standard InChI is InChI=1S/C18H19ClFN3O3/c1-18(2,3)14-9-15(26-22-14)21-17(25)13-6-7-16(24)23(13)10-4-5-11(19)12(20)8-10/h4-5,8-9,13H,6-7H2,1-3H3,(H,21,25). The van der Waals surface area contributed by atoms with E-state index in [-0.39, 0.29) is 28.6 Å². The number of nitrogens with one attached hydrogen (secondary N) is 1. The number of carbonyl (C=O) groups excluding carboxylic acids is 2. The van der Waals surface area contributed by atoms with Crippen LogP contribution in [0.1, 0.15) is 39.3 Å². The fourth-order valence-electron chi connectivity index (χ4n) is 2.78. The van der Waals surface area contributed by atoms with Crippen molar-refractivity contribution in [2.45, 2.75) is 45.1 Å². The zero-order chi connectivity index (χ0) is 19.1. The Balaban J connectivity index is 1.80. The third-order valence-corrected chi connectivity index (χ3v) is 4.53. The molecule has 1 N–H and O–H groups in total. The fraction of sp³-hybridized carbons (Fsp3) is 0.389. The molecule has 1 unspecified atom stereocenters. The molecule has 0 saturated carbocycles. The van der Waals surface area contributed by atoms with Crippen molar-refractivity contribution in [2.24, 2.45) is 0 Å². The highest BCUT2D eigenvalue weighted by Crippen LogP contribution is 2.30. The van der Waals surface area contributed by atoms with Gasteiger partial charge in [0.1, 0.15) is 11.9 Å². The van der Waals surface area contributed by atoms with Crippen molar-refractivity contribution < 1.29 is 18.5 Å². The van der Waals surface area contributed by atoms with Crippen LogP contribution in [0.2, 0.25) is 5.02 Å². The van der Waals surface area contributed by atoms with Crippen LogP contribution in [0, 0.1) is 5.82 Å². The van der Waals surface area contributed by atoms with Gasteiger partial charge in [-0.25, -0.2) is 4.39 Å². The first-order chi connectivity index (χ1) is 12.2. The van der Waals surface area contributed by atoms with Crippen molar-refractivity contribution in [3.8, 4) is 0 Å². The van der Waals surface area contributed by atoms with E-state index >= 15 is 0 Å². The summed E-state index contributed by atoms with van der Waals surface area (Å²) in [4.78, 5) is 26.2. The SMILES string of the molecule is CC(C)(C)c1cc(NC(=O)C2CCC(=O)N2c2ccc(Cl)c(F)c2)on1. The van der Waals surface area contributed by atoms with Crippen LogP contribution in [0.15, 0.2) is 28.8 Å². The Labute approximate surface area is 155 Å². The maximum Gasteiger partial charge on any atom is 0.249 e. The molecular formula is C18H19ClFN3O3. The Morgan fingerprint density at radius 3 is 2.73 bits per heavy atom. The number of carbonyl (C=O) groups is 2. The predicted molar refractivity (Wildman–Crippen MR) is 95.8 cm³/mol. The van der Waals surface area contributed by atoms with Gasteiger partial charge in [0.15, 0.2) is 0 Å². The summed E-state index contributed by atoms with van der Waals surface area (Å²) in [6.07, 6.45) is 0.529. The lowest BCUT2D eigenvalue weighted by Crippen LogP contribution is -2.41. The minimum atomic E-state index is -0.758. The lowest BCUT2D eigenvalue weighted by molar-refractivity contribution is -0.120. The van der Waals surface area contributed by atoms with E-state index in [9.17, 15) is 14.0 Å². The van der Waals surface area contributed by atoms with Crippen LogP contribution in [0.3, 0.4) is 0 Å². The molecule has 3 rings (SSSR count). The molecule has 1 aromatic carbocycles. The van der Waals surface area contributed by atoms with Crippen molar-refractivity contribution in [1.82, 2.24) is 5.16 Å². The first-order valence-corrected chi connectivity index (χ1v) is 8.60. The van der Waals surface area contributed by atoms with E-state index in [0.717, 1.165) is 6.07 Å². The smallest absolute Gasteiger partial charge is 0.249 e. The summed E-state index contributed by atoms with van der Waals surface area (Å²) in [6.45, 7) is 5.93. The van der Waals surface area contributed by atoms with Crippen LogP contribution in [0.4, 0.5) is 16.0 Å². The number of anilines is 2. The van der Waals surface area contributed by atoms with Gasteiger partial charge in [-0.1, -0.05) is 37.5 Å². The van der Waals surface area contributed by atoms with Gasteiger partial charge >= 0.3 is 0 Å².